The number of carbonyl (C=O) groups is 1. The predicted molar refractivity (Wildman–Crippen MR) is 106 cm³/mol. The number of hydrogen-bond acceptors (Lipinski definition) is 5. The monoisotopic (exact) mass is 432 g/mol. The first-order chi connectivity index (χ1) is 13.1. The first kappa shape index (κ1) is 19.5. The van der Waals surface area contributed by atoms with Crippen molar-refractivity contribution in [3.05, 3.63) is 63.8 Å². The van der Waals surface area contributed by atoms with E-state index >= 15 is 0 Å². The van der Waals surface area contributed by atoms with E-state index in [0.717, 1.165) is 32.1 Å². The van der Waals surface area contributed by atoms with Crippen molar-refractivity contribution < 1.29 is 23.8 Å². The lowest BCUT2D eigenvalue weighted by atomic mass is 10.1. The van der Waals surface area contributed by atoms with Gasteiger partial charge in [0, 0.05) is 17.6 Å². The van der Waals surface area contributed by atoms with Crippen LogP contribution in [0, 0.1) is 0 Å². The maximum atomic E-state index is 11.9. The highest BCUT2D eigenvalue weighted by atomic mass is 79.9. The van der Waals surface area contributed by atoms with Gasteiger partial charge in [0.1, 0.15) is 17.9 Å². The van der Waals surface area contributed by atoms with Crippen LogP contribution in [0.2, 0.25) is 0 Å². The molecular formula is C21H21BrO5. The third-order valence-electron chi connectivity index (χ3n) is 4.13. The molecule has 0 spiro atoms. The highest BCUT2D eigenvalue weighted by Gasteiger charge is 2.12. The zero-order valence-corrected chi connectivity index (χ0v) is 16.6. The quantitative estimate of drug-likeness (QED) is 0.533. The van der Waals surface area contributed by atoms with Gasteiger partial charge in [-0.05, 0) is 64.7 Å². The molecule has 0 aliphatic heterocycles. The van der Waals surface area contributed by atoms with E-state index in [0.29, 0.717) is 25.4 Å². The number of benzene rings is 2. The lowest BCUT2D eigenvalue weighted by Gasteiger charge is -2.13. The summed E-state index contributed by atoms with van der Waals surface area (Å²) in [6.45, 7) is 2.53. The molecule has 3 rings (SSSR count). The van der Waals surface area contributed by atoms with E-state index in [1.54, 1.807) is 13.2 Å². The van der Waals surface area contributed by atoms with Crippen LogP contribution in [0.4, 0.5) is 0 Å². The molecule has 3 aromatic rings. The Bertz CT molecular complexity index is 931. The van der Waals surface area contributed by atoms with Crippen molar-refractivity contribution in [2.24, 2.45) is 0 Å². The molecule has 0 radical (unpaired) electrons. The Balaban J connectivity index is 1.81. The SMILES string of the molecule is CCOC(=O)Cc1ccc(CCO)cc1OCc1cc(Br)c2occc2c1. The molecule has 0 bridgehead atoms. The Morgan fingerprint density at radius 3 is 2.81 bits per heavy atom. The minimum absolute atomic E-state index is 0.0563. The Morgan fingerprint density at radius 2 is 2.04 bits per heavy atom. The third kappa shape index (κ3) is 4.90. The summed E-state index contributed by atoms with van der Waals surface area (Å²) in [5.41, 5.74) is 3.49. The largest absolute Gasteiger partial charge is 0.489 e. The van der Waals surface area contributed by atoms with E-state index in [2.05, 4.69) is 15.9 Å². The Kier molecular flexibility index (Phi) is 6.53. The molecule has 0 saturated heterocycles. The molecule has 27 heavy (non-hydrogen) atoms. The highest BCUT2D eigenvalue weighted by molar-refractivity contribution is 9.10. The van der Waals surface area contributed by atoms with E-state index in [1.165, 1.54) is 0 Å². The first-order valence-electron chi connectivity index (χ1n) is 8.77. The number of carbonyl (C=O) groups excluding carboxylic acids is 1. The number of aliphatic hydroxyl groups excluding tert-OH is 1. The number of furan rings is 1. The van der Waals surface area contributed by atoms with Crippen LogP contribution in [-0.4, -0.2) is 24.3 Å². The van der Waals surface area contributed by atoms with E-state index in [9.17, 15) is 9.90 Å². The van der Waals surface area contributed by atoms with Crippen molar-refractivity contribution >= 4 is 32.9 Å². The standard InChI is InChI=1S/C21H21BrO5/c1-2-25-20(24)12-16-4-3-14(5-7-23)11-19(16)27-13-15-9-17-6-8-26-21(17)18(22)10-15/h3-4,6,8-11,23H,2,5,7,12-13H2,1H3. The van der Waals surface area contributed by atoms with Crippen LogP contribution in [-0.2, 0) is 29.0 Å². The molecule has 0 fully saturated rings. The summed E-state index contributed by atoms with van der Waals surface area (Å²) in [5, 5.41) is 10.2. The van der Waals surface area contributed by atoms with Crippen molar-refractivity contribution in [3.8, 4) is 5.75 Å². The lowest BCUT2D eigenvalue weighted by Crippen LogP contribution is -2.09. The van der Waals surface area contributed by atoms with Crippen molar-refractivity contribution in [2.45, 2.75) is 26.4 Å². The van der Waals surface area contributed by atoms with Gasteiger partial charge in [0.15, 0.2) is 0 Å². The number of ether oxygens (including phenoxy) is 2. The summed E-state index contributed by atoms with van der Waals surface area (Å²) in [6.07, 6.45) is 2.32. The zero-order chi connectivity index (χ0) is 19.2. The average molecular weight is 433 g/mol. The van der Waals surface area contributed by atoms with Crippen LogP contribution >= 0.6 is 15.9 Å². The van der Waals surface area contributed by atoms with Crippen molar-refractivity contribution in [3.63, 3.8) is 0 Å². The maximum absolute atomic E-state index is 11.9. The van der Waals surface area contributed by atoms with Crippen molar-refractivity contribution in [1.29, 1.82) is 0 Å². The van der Waals surface area contributed by atoms with Gasteiger partial charge in [0.05, 0.1) is 23.8 Å². The molecule has 0 aliphatic carbocycles. The fourth-order valence-corrected chi connectivity index (χ4v) is 3.49. The minimum atomic E-state index is -0.292. The molecule has 0 atom stereocenters. The van der Waals surface area contributed by atoms with Crippen LogP contribution in [0.15, 0.2) is 51.6 Å². The summed E-state index contributed by atoms with van der Waals surface area (Å²) >= 11 is 3.51. The molecule has 2 aromatic carbocycles. The maximum Gasteiger partial charge on any atom is 0.310 e. The fraction of sp³-hybridized carbons (Fsp3) is 0.286. The second-order valence-electron chi connectivity index (χ2n) is 6.10. The molecule has 1 heterocycles. The third-order valence-corrected chi connectivity index (χ3v) is 4.72. The van der Waals surface area contributed by atoms with E-state index in [1.807, 2.05) is 36.4 Å². The van der Waals surface area contributed by atoms with E-state index < -0.39 is 0 Å². The minimum Gasteiger partial charge on any atom is -0.489 e. The normalized spacial score (nSPS) is 10.9. The highest BCUT2D eigenvalue weighted by Crippen LogP contribution is 2.28. The number of fused-ring (bicyclic) bond motifs is 1. The second-order valence-corrected chi connectivity index (χ2v) is 6.96. The molecule has 0 saturated carbocycles. The summed E-state index contributed by atoms with van der Waals surface area (Å²) < 4.78 is 17.4. The lowest BCUT2D eigenvalue weighted by molar-refractivity contribution is -0.142. The second kappa shape index (κ2) is 9.06. The molecule has 0 amide bonds. The van der Waals surface area contributed by atoms with E-state index in [-0.39, 0.29) is 19.0 Å². The molecule has 6 heteroatoms. The molecule has 142 valence electrons. The number of hydrogen-bond donors (Lipinski definition) is 1. The van der Waals surface area contributed by atoms with Gasteiger partial charge in [-0.25, -0.2) is 0 Å². The molecule has 1 N–H and O–H groups in total. The number of halogens is 1. The van der Waals surface area contributed by atoms with Crippen LogP contribution in [0.25, 0.3) is 11.0 Å². The molecule has 0 aliphatic rings. The molecular weight excluding hydrogens is 412 g/mol. The van der Waals surface area contributed by atoms with Crippen molar-refractivity contribution in [1.82, 2.24) is 0 Å². The van der Waals surface area contributed by atoms with Crippen LogP contribution in [0.1, 0.15) is 23.6 Å². The summed E-state index contributed by atoms with van der Waals surface area (Å²) in [5.74, 6) is 0.331. The van der Waals surface area contributed by atoms with Gasteiger partial charge in [0.2, 0.25) is 0 Å². The fourth-order valence-electron chi connectivity index (χ4n) is 2.87. The Morgan fingerprint density at radius 1 is 1.19 bits per heavy atom. The predicted octanol–water partition coefficient (Wildman–Crippen LogP) is 4.41. The topological polar surface area (TPSA) is 68.9 Å². The van der Waals surface area contributed by atoms with E-state index in [4.69, 9.17) is 13.9 Å². The van der Waals surface area contributed by atoms with Gasteiger partial charge in [-0.1, -0.05) is 12.1 Å². The molecule has 5 nitrogen and oxygen atoms in total. The molecule has 0 unspecified atom stereocenters. The summed E-state index contributed by atoms with van der Waals surface area (Å²) in [6, 6.07) is 11.5. The zero-order valence-electron chi connectivity index (χ0n) is 15.0. The van der Waals surface area contributed by atoms with Crippen LogP contribution in [0.3, 0.4) is 0 Å². The Labute approximate surface area is 166 Å². The average Bonchev–Trinajstić information content (AvgIpc) is 3.11. The van der Waals surface area contributed by atoms with Gasteiger partial charge < -0.3 is 19.0 Å². The first-order valence-corrected chi connectivity index (χ1v) is 9.56. The smallest absolute Gasteiger partial charge is 0.310 e. The van der Waals surface area contributed by atoms with Gasteiger partial charge >= 0.3 is 5.97 Å². The molecule has 1 aromatic heterocycles. The number of esters is 1. The van der Waals surface area contributed by atoms with Gasteiger partial charge in [-0.2, -0.15) is 0 Å². The summed E-state index contributed by atoms with van der Waals surface area (Å²) in [4.78, 5) is 11.9. The van der Waals surface area contributed by atoms with Crippen molar-refractivity contribution in [2.75, 3.05) is 13.2 Å². The van der Waals surface area contributed by atoms with Gasteiger partial charge in [0.25, 0.3) is 0 Å². The Hall–Kier alpha value is -2.31. The van der Waals surface area contributed by atoms with Gasteiger partial charge in [-0.3, -0.25) is 4.79 Å². The van der Waals surface area contributed by atoms with Gasteiger partial charge in [-0.15, -0.1) is 0 Å². The number of aliphatic hydroxyl groups is 1. The summed E-state index contributed by atoms with van der Waals surface area (Å²) in [7, 11) is 0. The van der Waals surface area contributed by atoms with Crippen LogP contribution < -0.4 is 4.74 Å². The van der Waals surface area contributed by atoms with Crippen LogP contribution in [0.5, 0.6) is 5.75 Å². The number of rotatable bonds is 8.